The van der Waals surface area contributed by atoms with E-state index in [2.05, 4.69) is 33.6 Å². The molecule has 0 spiro atoms. The Hall–Kier alpha value is -2.48. The Morgan fingerprint density at radius 3 is 2.81 bits per heavy atom. The van der Waals surface area contributed by atoms with Crippen molar-refractivity contribution >= 4 is 22.4 Å². The molecule has 26 heavy (non-hydrogen) atoms. The number of aliphatic imine (C=N–C) groups is 1. The van der Waals surface area contributed by atoms with E-state index in [9.17, 15) is 0 Å². The zero-order valence-corrected chi connectivity index (χ0v) is 16.5. The number of anilines is 1. The fourth-order valence-corrected chi connectivity index (χ4v) is 3.34. The first-order valence-electron chi connectivity index (χ1n) is 8.56. The van der Waals surface area contributed by atoms with Crippen molar-refractivity contribution in [2.45, 2.75) is 20.0 Å². The zero-order valence-electron chi connectivity index (χ0n) is 15.7. The second kappa shape index (κ2) is 8.27. The van der Waals surface area contributed by atoms with Gasteiger partial charge in [-0.05, 0) is 24.6 Å². The van der Waals surface area contributed by atoms with Gasteiger partial charge in [-0.2, -0.15) is 0 Å². The van der Waals surface area contributed by atoms with Crippen LogP contribution in [0.4, 0.5) is 5.13 Å². The normalized spacial score (nSPS) is 13.0. The number of guanidine groups is 1. The van der Waals surface area contributed by atoms with Gasteiger partial charge in [0.25, 0.3) is 0 Å². The van der Waals surface area contributed by atoms with E-state index in [4.69, 9.17) is 14.5 Å². The van der Waals surface area contributed by atoms with Crippen molar-refractivity contribution in [3.05, 3.63) is 34.8 Å². The third-order valence-corrected chi connectivity index (χ3v) is 4.92. The van der Waals surface area contributed by atoms with E-state index in [-0.39, 0.29) is 0 Å². The van der Waals surface area contributed by atoms with Gasteiger partial charge in [-0.1, -0.05) is 6.07 Å². The molecule has 1 aromatic heterocycles. The van der Waals surface area contributed by atoms with Crippen LogP contribution in [0.5, 0.6) is 11.5 Å². The number of nitrogens with one attached hydrogen (secondary N) is 1. The number of thiazole rings is 1. The highest BCUT2D eigenvalue weighted by Crippen LogP contribution is 2.32. The molecule has 8 heteroatoms. The summed E-state index contributed by atoms with van der Waals surface area (Å²) in [5.74, 6) is 2.46. The maximum Gasteiger partial charge on any atom is 0.231 e. The molecule has 3 rings (SSSR count). The van der Waals surface area contributed by atoms with Gasteiger partial charge in [0.2, 0.25) is 6.79 Å². The molecular weight excluding hydrogens is 350 g/mol. The second-order valence-corrected chi connectivity index (χ2v) is 7.07. The van der Waals surface area contributed by atoms with Gasteiger partial charge in [0.15, 0.2) is 22.6 Å². The standard InChI is InChI=1S/C18H25N5O2S/c1-5-19-17(20-9-14-11-26-18(21-14)22(2)3)23(4)10-13-6-7-15-16(8-13)25-12-24-15/h6-8,11H,5,9-10,12H2,1-4H3,(H,19,20). The number of hydrogen-bond acceptors (Lipinski definition) is 6. The van der Waals surface area contributed by atoms with Crippen LogP contribution < -0.4 is 19.7 Å². The molecule has 0 unspecified atom stereocenters. The Labute approximate surface area is 158 Å². The van der Waals surface area contributed by atoms with Crippen molar-refractivity contribution in [1.82, 2.24) is 15.2 Å². The molecule has 0 bridgehead atoms. The van der Waals surface area contributed by atoms with Gasteiger partial charge in [0.05, 0.1) is 12.2 Å². The molecule has 0 radical (unpaired) electrons. The van der Waals surface area contributed by atoms with E-state index >= 15 is 0 Å². The number of hydrogen-bond donors (Lipinski definition) is 1. The van der Waals surface area contributed by atoms with Crippen molar-refractivity contribution in [3.8, 4) is 11.5 Å². The fourth-order valence-electron chi connectivity index (χ4n) is 2.59. The molecule has 2 heterocycles. The molecule has 1 N–H and O–H groups in total. The molecule has 0 saturated carbocycles. The van der Waals surface area contributed by atoms with Crippen LogP contribution in [0, 0.1) is 0 Å². The summed E-state index contributed by atoms with van der Waals surface area (Å²) in [5.41, 5.74) is 2.12. The van der Waals surface area contributed by atoms with Crippen LogP contribution in [0.1, 0.15) is 18.2 Å². The molecule has 0 saturated heterocycles. The maximum absolute atomic E-state index is 5.46. The zero-order chi connectivity index (χ0) is 18.5. The second-order valence-electron chi connectivity index (χ2n) is 6.23. The Morgan fingerprint density at radius 1 is 1.27 bits per heavy atom. The maximum atomic E-state index is 5.46. The van der Waals surface area contributed by atoms with Gasteiger partial charge in [0.1, 0.15) is 0 Å². The van der Waals surface area contributed by atoms with Gasteiger partial charge in [0, 0.05) is 39.6 Å². The predicted octanol–water partition coefficient (Wildman–Crippen LogP) is 2.54. The van der Waals surface area contributed by atoms with Crippen molar-refractivity contribution < 1.29 is 9.47 Å². The molecule has 0 atom stereocenters. The minimum Gasteiger partial charge on any atom is -0.454 e. The average molecular weight is 375 g/mol. The Bertz CT molecular complexity index is 775. The lowest BCUT2D eigenvalue weighted by atomic mass is 10.2. The number of ether oxygens (including phenoxy) is 2. The van der Waals surface area contributed by atoms with E-state index in [1.807, 2.05) is 38.2 Å². The third-order valence-electron chi connectivity index (χ3n) is 3.87. The van der Waals surface area contributed by atoms with E-state index in [0.29, 0.717) is 13.3 Å². The molecular formula is C18H25N5O2S. The summed E-state index contributed by atoms with van der Waals surface area (Å²) in [6.45, 7) is 4.45. The summed E-state index contributed by atoms with van der Waals surface area (Å²) in [7, 11) is 6.02. The minimum absolute atomic E-state index is 0.293. The van der Waals surface area contributed by atoms with Crippen LogP contribution >= 0.6 is 11.3 Å². The highest BCUT2D eigenvalue weighted by molar-refractivity contribution is 7.13. The summed E-state index contributed by atoms with van der Waals surface area (Å²) < 4.78 is 10.8. The minimum atomic E-state index is 0.293. The Morgan fingerprint density at radius 2 is 2.08 bits per heavy atom. The van der Waals surface area contributed by atoms with Crippen LogP contribution in [0.25, 0.3) is 0 Å². The summed E-state index contributed by atoms with van der Waals surface area (Å²) in [6, 6.07) is 6.02. The predicted molar refractivity (Wildman–Crippen MR) is 105 cm³/mol. The number of fused-ring (bicyclic) bond motifs is 1. The van der Waals surface area contributed by atoms with E-state index in [0.717, 1.165) is 46.9 Å². The van der Waals surface area contributed by atoms with Crippen molar-refractivity contribution in [1.29, 1.82) is 0 Å². The van der Waals surface area contributed by atoms with Gasteiger partial charge in [-0.15, -0.1) is 11.3 Å². The Kier molecular flexibility index (Phi) is 5.82. The summed E-state index contributed by atoms with van der Waals surface area (Å²) in [5, 5.41) is 6.39. The number of rotatable bonds is 6. The van der Waals surface area contributed by atoms with E-state index < -0.39 is 0 Å². The molecule has 140 valence electrons. The molecule has 0 fully saturated rings. The smallest absolute Gasteiger partial charge is 0.231 e. The summed E-state index contributed by atoms with van der Waals surface area (Å²) in [6.07, 6.45) is 0. The van der Waals surface area contributed by atoms with Crippen molar-refractivity contribution in [2.24, 2.45) is 4.99 Å². The highest BCUT2D eigenvalue weighted by atomic mass is 32.1. The molecule has 0 amide bonds. The molecule has 7 nitrogen and oxygen atoms in total. The lowest BCUT2D eigenvalue weighted by Gasteiger charge is -2.22. The van der Waals surface area contributed by atoms with Crippen LogP contribution in [-0.4, -0.2) is 50.3 Å². The first-order valence-corrected chi connectivity index (χ1v) is 9.44. The largest absolute Gasteiger partial charge is 0.454 e. The van der Waals surface area contributed by atoms with Gasteiger partial charge in [-0.3, -0.25) is 0 Å². The average Bonchev–Trinajstić information content (AvgIpc) is 3.27. The van der Waals surface area contributed by atoms with Crippen LogP contribution in [0.3, 0.4) is 0 Å². The number of aromatic nitrogens is 1. The molecule has 2 aromatic rings. The van der Waals surface area contributed by atoms with Crippen LogP contribution in [0.2, 0.25) is 0 Å². The monoisotopic (exact) mass is 375 g/mol. The van der Waals surface area contributed by atoms with E-state index in [1.54, 1.807) is 11.3 Å². The van der Waals surface area contributed by atoms with Gasteiger partial charge >= 0.3 is 0 Å². The highest BCUT2D eigenvalue weighted by Gasteiger charge is 2.15. The topological polar surface area (TPSA) is 62.2 Å². The van der Waals surface area contributed by atoms with Gasteiger partial charge in [-0.25, -0.2) is 9.98 Å². The molecule has 1 aromatic carbocycles. The third kappa shape index (κ3) is 4.37. The van der Waals surface area contributed by atoms with Crippen LogP contribution in [0.15, 0.2) is 28.6 Å². The lowest BCUT2D eigenvalue weighted by Crippen LogP contribution is -2.38. The number of nitrogens with zero attached hydrogens (tertiary/aromatic N) is 4. The van der Waals surface area contributed by atoms with Crippen molar-refractivity contribution in [3.63, 3.8) is 0 Å². The molecule has 0 aliphatic carbocycles. The Balaban J connectivity index is 1.67. The lowest BCUT2D eigenvalue weighted by molar-refractivity contribution is 0.174. The molecule has 1 aliphatic heterocycles. The van der Waals surface area contributed by atoms with Crippen LogP contribution in [-0.2, 0) is 13.1 Å². The van der Waals surface area contributed by atoms with Gasteiger partial charge < -0.3 is 24.6 Å². The number of benzene rings is 1. The fraction of sp³-hybridized carbons (Fsp3) is 0.444. The summed E-state index contributed by atoms with van der Waals surface area (Å²) in [4.78, 5) is 13.4. The quantitative estimate of drug-likeness (QED) is 0.618. The van der Waals surface area contributed by atoms with E-state index in [1.165, 1.54) is 0 Å². The first-order chi connectivity index (χ1) is 12.6. The SMILES string of the molecule is CCNC(=NCc1csc(N(C)C)n1)N(C)Cc1ccc2c(c1)OCO2. The van der Waals surface area contributed by atoms with Crippen molar-refractivity contribution in [2.75, 3.05) is 39.4 Å². The first kappa shape index (κ1) is 18.3. The molecule has 1 aliphatic rings. The summed E-state index contributed by atoms with van der Waals surface area (Å²) >= 11 is 1.63.